The van der Waals surface area contributed by atoms with E-state index in [0.717, 1.165) is 16.3 Å². The monoisotopic (exact) mass is 275 g/mol. The summed E-state index contributed by atoms with van der Waals surface area (Å²) in [5, 5.41) is 4.17. The molecule has 0 radical (unpaired) electrons. The summed E-state index contributed by atoms with van der Waals surface area (Å²) in [5.74, 6) is 0. The summed E-state index contributed by atoms with van der Waals surface area (Å²) >= 11 is 6.26. The van der Waals surface area contributed by atoms with Crippen LogP contribution in [0.2, 0.25) is 5.02 Å². The van der Waals surface area contributed by atoms with Gasteiger partial charge in [0.05, 0.1) is 23.4 Å². The predicted molar refractivity (Wildman–Crippen MR) is 80.9 cm³/mol. The molecule has 2 aromatic carbocycles. The fourth-order valence-electron chi connectivity index (χ4n) is 2.00. The number of hydrogen-bond acceptors (Lipinski definition) is 2. The molecule has 0 saturated heterocycles. The van der Waals surface area contributed by atoms with Gasteiger partial charge in [0.25, 0.3) is 0 Å². The Morgan fingerprint density at radius 2 is 1.89 bits per heavy atom. The molecule has 0 spiro atoms. The number of nitrogens with one attached hydrogen (secondary N) is 1. The Labute approximate surface area is 119 Å². The largest absolute Gasteiger partial charge is 0.382 e. The van der Waals surface area contributed by atoms with Crippen LogP contribution in [0.1, 0.15) is 17.2 Å². The number of methoxy groups -OCH3 is 1. The lowest BCUT2D eigenvalue weighted by Gasteiger charge is -2.20. The minimum atomic E-state index is 0.0893. The van der Waals surface area contributed by atoms with Crippen molar-refractivity contribution in [3.63, 3.8) is 0 Å². The average Bonchev–Trinajstić information content (AvgIpc) is 2.42. The molecule has 100 valence electrons. The number of halogens is 1. The van der Waals surface area contributed by atoms with Gasteiger partial charge in [-0.15, -0.1) is 0 Å². The average molecular weight is 276 g/mol. The van der Waals surface area contributed by atoms with Gasteiger partial charge in [0.1, 0.15) is 0 Å². The second-order valence-electron chi connectivity index (χ2n) is 4.55. The summed E-state index contributed by atoms with van der Waals surface area (Å²) in [7, 11) is 1.70. The van der Waals surface area contributed by atoms with Gasteiger partial charge in [0, 0.05) is 7.11 Å². The van der Waals surface area contributed by atoms with Crippen LogP contribution in [0.15, 0.2) is 48.5 Å². The molecule has 1 atom stereocenters. The Kier molecular flexibility index (Phi) is 4.83. The third-order valence-electron chi connectivity index (χ3n) is 2.99. The van der Waals surface area contributed by atoms with Gasteiger partial charge in [-0.05, 0) is 30.2 Å². The van der Waals surface area contributed by atoms with Gasteiger partial charge in [-0.1, -0.05) is 48.0 Å². The van der Waals surface area contributed by atoms with Crippen LogP contribution in [0.5, 0.6) is 0 Å². The molecule has 2 aromatic rings. The lowest BCUT2D eigenvalue weighted by Crippen LogP contribution is -2.16. The molecule has 2 rings (SSSR count). The van der Waals surface area contributed by atoms with Gasteiger partial charge in [0.15, 0.2) is 0 Å². The van der Waals surface area contributed by atoms with Crippen molar-refractivity contribution in [2.45, 2.75) is 13.0 Å². The number of ether oxygens (including phenoxy) is 1. The number of benzene rings is 2. The highest BCUT2D eigenvalue weighted by Crippen LogP contribution is 2.27. The fraction of sp³-hybridized carbons (Fsp3) is 0.250. The van der Waals surface area contributed by atoms with Gasteiger partial charge in [0.2, 0.25) is 0 Å². The predicted octanol–water partition coefficient (Wildman–Crippen LogP) is 4.45. The maximum absolute atomic E-state index is 6.26. The second kappa shape index (κ2) is 6.60. The highest BCUT2D eigenvalue weighted by molar-refractivity contribution is 6.33. The van der Waals surface area contributed by atoms with Gasteiger partial charge >= 0.3 is 0 Å². The highest BCUT2D eigenvalue weighted by Gasteiger charge is 2.12. The molecule has 3 heteroatoms. The SMILES string of the molecule is COCC(Nc1ccc(C)cc1Cl)c1ccccc1. The van der Waals surface area contributed by atoms with Crippen LogP contribution in [0.25, 0.3) is 0 Å². The molecule has 1 unspecified atom stereocenters. The van der Waals surface area contributed by atoms with E-state index in [9.17, 15) is 0 Å². The molecule has 0 bridgehead atoms. The summed E-state index contributed by atoms with van der Waals surface area (Å²) in [6.07, 6.45) is 0. The first-order valence-corrected chi connectivity index (χ1v) is 6.65. The van der Waals surface area contributed by atoms with E-state index in [-0.39, 0.29) is 6.04 Å². The molecular weight excluding hydrogens is 258 g/mol. The van der Waals surface area contributed by atoms with Crippen molar-refractivity contribution >= 4 is 17.3 Å². The molecule has 0 aromatic heterocycles. The molecular formula is C16H18ClNO. The van der Waals surface area contributed by atoms with E-state index in [0.29, 0.717) is 6.61 Å². The Hall–Kier alpha value is -1.51. The summed E-state index contributed by atoms with van der Waals surface area (Å²) in [6.45, 7) is 2.62. The van der Waals surface area contributed by atoms with Crippen LogP contribution in [0.3, 0.4) is 0 Å². The normalized spacial score (nSPS) is 12.2. The fourth-order valence-corrected chi connectivity index (χ4v) is 2.29. The second-order valence-corrected chi connectivity index (χ2v) is 4.95. The molecule has 0 aliphatic heterocycles. The van der Waals surface area contributed by atoms with E-state index in [1.165, 1.54) is 5.56 Å². The Bertz CT molecular complexity index is 528. The number of aryl methyl sites for hydroxylation is 1. The van der Waals surface area contributed by atoms with Crippen LogP contribution in [-0.2, 0) is 4.74 Å². The maximum Gasteiger partial charge on any atom is 0.0748 e. The highest BCUT2D eigenvalue weighted by atomic mass is 35.5. The zero-order valence-corrected chi connectivity index (χ0v) is 11.9. The van der Waals surface area contributed by atoms with Gasteiger partial charge in [-0.2, -0.15) is 0 Å². The Morgan fingerprint density at radius 3 is 2.53 bits per heavy atom. The molecule has 1 N–H and O–H groups in total. The van der Waals surface area contributed by atoms with Crippen molar-refractivity contribution in [3.05, 3.63) is 64.7 Å². The van der Waals surface area contributed by atoms with E-state index < -0.39 is 0 Å². The zero-order valence-electron chi connectivity index (χ0n) is 11.2. The van der Waals surface area contributed by atoms with Crippen molar-refractivity contribution in [1.29, 1.82) is 0 Å². The van der Waals surface area contributed by atoms with Gasteiger partial charge in [-0.3, -0.25) is 0 Å². The first kappa shape index (κ1) is 13.9. The minimum absolute atomic E-state index is 0.0893. The van der Waals surface area contributed by atoms with Crippen LogP contribution >= 0.6 is 11.6 Å². The van der Waals surface area contributed by atoms with Crippen LogP contribution in [-0.4, -0.2) is 13.7 Å². The van der Waals surface area contributed by atoms with E-state index in [2.05, 4.69) is 17.4 Å². The third-order valence-corrected chi connectivity index (χ3v) is 3.30. The summed E-state index contributed by atoms with van der Waals surface area (Å²) < 4.78 is 5.29. The minimum Gasteiger partial charge on any atom is -0.382 e. The smallest absolute Gasteiger partial charge is 0.0748 e. The van der Waals surface area contributed by atoms with E-state index in [1.54, 1.807) is 7.11 Å². The van der Waals surface area contributed by atoms with Crippen LogP contribution in [0, 0.1) is 6.92 Å². The number of anilines is 1. The van der Waals surface area contributed by atoms with Gasteiger partial charge < -0.3 is 10.1 Å². The van der Waals surface area contributed by atoms with Crippen molar-refractivity contribution < 1.29 is 4.74 Å². The lowest BCUT2D eigenvalue weighted by molar-refractivity contribution is 0.186. The third kappa shape index (κ3) is 3.72. The molecule has 0 saturated carbocycles. The molecule has 0 fully saturated rings. The molecule has 0 amide bonds. The van der Waals surface area contributed by atoms with Crippen molar-refractivity contribution in [2.24, 2.45) is 0 Å². The van der Waals surface area contributed by atoms with Gasteiger partial charge in [-0.25, -0.2) is 0 Å². The number of hydrogen-bond donors (Lipinski definition) is 1. The zero-order chi connectivity index (χ0) is 13.7. The molecule has 0 aliphatic carbocycles. The van der Waals surface area contributed by atoms with Crippen molar-refractivity contribution in [2.75, 3.05) is 19.0 Å². The van der Waals surface area contributed by atoms with E-state index in [4.69, 9.17) is 16.3 Å². The van der Waals surface area contributed by atoms with E-state index in [1.807, 2.05) is 43.3 Å². The molecule has 0 heterocycles. The summed E-state index contributed by atoms with van der Waals surface area (Å²) in [5.41, 5.74) is 3.26. The molecule has 2 nitrogen and oxygen atoms in total. The summed E-state index contributed by atoms with van der Waals surface area (Å²) in [6, 6.07) is 16.3. The van der Waals surface area contributed by atoms with Crippen LogP contribution < -0.4 is 5.32 Å². The van der Waals surface area contributed by atoms with Crippen molar-refractivity contribution in [1.82, 2.24) is 0 Å². The van der Waals surface area contributed by atoms with Crippen LogP contribution in [0.4, 0.5) is 5.69 Å². The quantitative estimate of drug-likeness (QED) is 0.870. The van der Waals surface area contributed by atoms with Crippen molar-refractivity contribution in [3.8, 4) is 0 Å². The summed E-state index contributed by atoms with van der Waals surface area (Å²) in [4.78, 5) is 0. The Balaban J connectivity index is 2.21. The first-order chi connectivity index (χ1) is 9.20. The topological polar surface area (TPSA) is 21.3 Å². The maximum atomic E-state index is 6.26. The molecule has 0 aliphatic rings. The standard InChI is InChI=1S/C16H18ClNO/c1-12-8-9-15(14(17)10-12)18-16(11-19-2)13-6-4-3-5-7-13/h3-10,16,18H,11H2,1-2H3. The first-order valence-electron chi connectivity index (χ1n) is 6.27. The Morgan fingerprint density at radius 1 is 1.16 bits per heavy atom. The molecule has 19 heavy (non-hydrogen) atoms. The lowest BCUT2D eigenvalue weighted by atomic mass is 10.1. The number of rotatable bonds is 5. The van der Waals surface area contributed by atoms with E-state index >= 15 is 0 Å².